The minimum Gasteiger partial charge on any atom is -0.447 e. The number of rotatable bonds is 6. The molecule has 2 aliphatic rings. The molecule has 1 aliphatic heterocycles. The van der Waals surface area contributed by atoms with Gasteiger partial charge < -0.3 is 14.2 Å². The lowest BCUT2D eigenvalue weighted by Crippen LogP contribution is -2.41. The summed E-state index contributed by atoms with van der Waals surface area (Å²) in [6.45, 7) is 7.93. The molecule has 3 rings (SSSR count). The van der Waals surface area contributed by atoms with Gasteiger partial charge >= 0.3 is 18.1 Å². The monoisotopic (exact) mass is 468 g/mol. The number of carbonyl (C=O) groups is 2. The quantitative estimate of drug-likeness (QED) is 0.509. The molecular formula is C25H31F3O5. The van der Waals surface area contributed by atoms with Crippen LogP contribution in [0.2, 0.25) is 0 Å². The minimum atomic E-state index is -4.40. The summed E-state index contributed by atoms with van der Waals surface area (Å²) in [4.78, 5) is 25.8. The third kappa shape index (κ3) is 5.42. The first-order valence-corrected chi connectivity index (χ1v) is 11.4. The summed E-state index contributed by atoms with van der Waals surface area (Å²) in [5.41, 5.74) is 2.63. The van der Waals surface area contributed by atoms with Gasteiger partial charge in [-0.1, -0.05) is 38.5 Å². The Labute approximate surface area is 192 Å². The summed E-state index contributed by atoms with van der Waals surface area (Å²) in [5, 5.41) is 0. The van der Waals surface area contributed by atoms with Gasteiger partial charge in [0.05, 0.1) is 12.0 Å². The van der Waals surface area contributed by atoms with E-state index in [-0.39, 0.29) is 37.0 Å². The largest absolute Gasteiger partial charge is 0.447 e. The van der Waals surface area contributed by atoms with Gasteiger partial charge in [-0.15, -0.1) is 0 Å². The molecule has 0 N–H and O–H groups in total. The Balaban J connectivity index is 2.02. The maximum Gasteiger partial charge on any atom is 0.411 e. The van der Waals surface area contributed by atoms with Gasteiger partial charge in [0.2, 0.25) is 0 Å². The van der Waals surface area contributed by atoms with Crippen LogP contribution in [0.3, 0.4) is 0 Å². The summed E-state index contributed by atoms with van der Waals surface area (Å²) < 4.78 is 54.4. The minimum absolute atomic E-state index is 0.183. The first kappa shape index (κ1) is 25.3. The predicted molar refractivity (Wildman–Crippen MR) is 116 cm³/mol. The highest BCUT2D eigenvalue weighted by Gasteiger charge is 2.53. The Morgan fingerprint density at radius 1 is 1.21 bits per heavy atom. The highest BCUT2D eigenvalue weighted by atomic mass is 19.4. The number of ether oxygens (including phenoxy) is 3. The molecule has 33 heavy (non-hydrogen) atoms. The number of carbonyl (C=O) groups excluding carboxylic acids is 2. The van der Waals surface area contributed by atoms with Crippen LogP contribution in [0, 0.1) is 19.8 Å². The molecular weight excluding hydrogens is 437 g/mol. The summed E-state index contributed by atoms with van der Waals surface area (Å²) in [5.74, 6) is -1.30. The molecule has 1 aromatic rings. The lowest BCUT2D eigenvalue weighted by atomic mass is 9.80. The second-order valence-corrected chi connectivity index (χ2v) is 9.26. The van der Waals surface area contributed by atoms with Gasteiger partial charge in [-0.2, -0.15) is 13.2 Å². The number of aryl methyl sites for hydroxylation is 3. The SMILES string of the molecule is CCc1cc(C)cc(C)c1C1=C(OC(=O)C(C)C)[C@]2(CC[C@@H](OCC(F)(F)F)CC2)OC1=O. The van der Waals surface area contributed by atoms with Crippen LogP contribution in [0.5, 0.6) is 0 Å². The zero-order valence-corrected chi connectivity index (χ0v) is 19.7. The standard InChI is InChI=1S/C25H31F3O5/c1-6-17-12-15(4)11-16(5)19(17)20-21(32-22(29)14(2)3)24(33-23(20)30)9-7-18(8-10-24)31-13-25(26,27)28/h11-12,14,18H,6-10,13H2,1-5H3/t18-,24-. The van der Waals surface area contributed by atoms with E-state index in [4.69, 9.17) is 14.2 Å². The molecule has 1 heterocycles. The molecule has 1 aromatic carbocycles. The zero-order valence-electron chi connectivity index (χ0n) is 19.7. The second kappa shape index (κ2) is 9.49. The fraction of sp³-hybridized carbons (Fsp3) is 0.600. The van der Waals surface area contributed by atoms with Crippen molar-refractivity contribution in [2.75, 3.05) is 6.61 Å². The first-order valence-electron chi connectivity index (χ1n) is 11.4. The van der Waals surface area contributed by atoms with Crippen molar-refractivity contribution in [2.24, 2.45) is 5.92 Å². The molecule has 0 aromatic heterocycles. The number of hydrogen-bond donors (Lipinski definition) is 0. The molecule has 1 aliphatic carbocycles. The molecule has 1 saturated carbocycles. The average Bonchev–Trinajstić information content (AvgIpc) is 2.97. The molecule has 0 unspecified atom stereocenters. The van der Waals surface area contributed by atoms with Crippen molar-refractivity contribution in [2.45, 2.75) is 84.6 Å². The number of benzene rings is 1. The van der Waals surface area contributed by atoms with Crippen molar-refractivity contribution in [1.82, 2.24) is 0 Å². The van der Waals surface area contributed by atoms with Gasteiger partial charge in [-0.25, -0.2) is 4.79 Å². The van der Waals surface area contributed by atoms with Gasteiger partial charge in [0.25, 0.3) is 0 Å². The normalized spacial score (nSPS) is 23.4. The van der Waals surface area contributed by atoms with E-state index in [1.165, 1.54) is 0 Å². The van der Waals surface area contributed by atoms with Crippen LogP contribution in [-0.2, 0) is 30.2 Å². The Morgan fingerprint density at radius 2 is 1.85 bits per heavy atom. The molecule has 1 spiro atoms. The molecule has 182 valence electrons. The van der Waals surface area contributed by atoms with Gasteiger partial charge in [-0.05, 0) is 62.6 Å². The molecule has 0 bridgehead atoms. The van der Waals surface area contributed by atoms with Crippen LogP contribution < -0.4 is 0 Å². The zero-order chi connectivity index (χ0) is 24.6. The van der Waals surface area contributed by atoms with Crippen molar-refractivity contribution in [3.63, 3.8) is 0 Å². The second-order valence-electron chi connectivity index (χ2n) is 9.26. The molecule has 1 fully saturated rings. The van der Waals surface area contributed by atoms with Gasteiger partial charge in [0, 0.05) is 0 Å². The van der Waals surface area contributed by atoms with Gasteiger partial charge in [-0.3, -0.25) is 4.79 Å². The van der Waals surface area contributed by atoms with Crippen molar-refractivity contribution in [1.29, 1.82) is 0 Å². The van der Waals surface area contributed by atoms with Crippen LogP contribution in [0.25, 0.3) is 5.57 Å². The molecule has 0 amide bonds. The molecule has 5 nitrogen and oxygen atoms in total. The Kier molecular flexibility index (Phi) is 7.27. The molecule has 8 heteroatoms. The highest BCUT2D eigenvalue weighted by Crippen LogP contribution is 2.49. The smallest absolute Gasteiger partial charge is 0.411 e. The third-order valence-corrected chi connectivity index (χ3v) is 6.22. The number of halogens is 3. The molecule has 0 radical (unpaired) electrons. The maximum atomic E-state index is 13.2. The van der Waals surface area contributed by atoms with Crippen LogP contribution in [0.15, 0.2) is 17.9 Å². The number of esters is 2. The van der Waals surface area contributed by atoms with Gasteiger partial charge in [0.1, 0.15) is 12.2 Å². The number of alkyl halides is 3. The first-order chi connectivity index (χ1) is 15.4. The van der Waals surface area contributed by atoms with Crippen LogP contribution >= 0.6 is 0 Å². The number of hydrogen-bond acceptors (Lipinski definition) is 5. The van der Waals surface area contributed by atoms with Crippen LogP contribution in [0.4, 0.5) is 13.2 Å². The molecule has 0 saturated heterocycles. The van der Waals surface area contributed by atoms with Crippen molar-refractivity contribution < 1.29 is 37.0 Å². The van der Waals surface area contributed by atoms with E-state index in [1.54, 1.807) is 13.8 Å². The van der Waals surface area contributed by atoms with Crippen LogP contribution in [0.1, 0.15) is 68.7 Å². The van der Waals surface area contributed by atoms with Crippen molar-refractivity contribution in [3.05, 3.63) is 40.1 Å². The van der Waals surface area contributed by atoms with E-state index in [1.807, 2.05) is 32.9 Å². The van der Waals surface area contributed by atoms with Crippen molar-refractivity contribution >= 4 is 17.5 Å². The maximum absolute atomic E-state index is 13.2. The lowest BCUT2D eigenvalue weighted by molar-refractivity contribution is -0.193. The van der Waals surface area contributed by atoms with Crippen LogP contribution in [-0.4, -0.2) is 36.4 Å². The van der Waals surface area contributed by atoms with E-state index >= 15 is 0 Å². The van der Waals surface area contributed by atoms with E-state index in [2.05, 4.69) is 0 Å². The fourth-order valence-electron chi connectivity index (χ4n) is 4.63. The van der Waals surface area contributed by atoms with E-state index < -0.39 is 42.3 Å². The summed E-state index contributed by atoms with van der Waals surface area (Å²) in [7, 11) is 0. The van der Waals surface area contributed by atoms with E-state index in [0.29, 0.717) is 12.0 Å². The Morgan fingerprint density at radius 3 is 2.39 bits per heavy atom. The highest BCUT2D eigenvalue weighted by molar-refractivity contribution is 6.21. The molecule has 0 atom stereocenters. The third-order valence-electron chi connectivity index (χ3n) is 6.22. The summed E-state index contributed by atoms with van der Waals surface area (Å²) >= 11 is 0. The average molecular weight is 469 g/mol. The Hall–Kier alpha value is -2.35. The lowest BCUT2D eigenvalue weighted by Gasteiger charge is -2.37. The Bertz CT molecular complexity index is 954. The summed E-state index contributed by atoms with van der Waals surface area (Å²) in [6.07, 6.45) is -3.38. The van der Waals surface area contributed by atoms with E-state index in [9.17, 15) is 22.8 Å². The predicted octanol–water partition coefficient (Wildman–Crippen LogP) is 5.59. The fourth-order valence-corrected chi connectivity index (χ4v) is 4.63. The summed E-state index contributed by atoms with van der Waals surface area (Å²) in [6, 6.07) is 3.96. The van der Waals surface area contributed by atoms with E-state index in [0.717, 1.165) is 16.7 Å². The van der Waals surface area contributed by atoms with Gasteiger partial charge in [0.15, 0.2) is 11.4 Å². The van der Waals surface area contributed by atoms with Crippen molar-refractivity contribution in [3.8, 4) is 0 Å². The topological polar surface area (TPSA) is 61.8 Å².